The smallest absolute Gasteiger partial charge is 0.323 e. The lowest BCUT2D eigenvalue weighted by Gasteiger charge is -2.35. The summed E-state index contributed by atoms with van der Waals surface area (Å²) in [4.78, 5) is 28.5. The van der Waals surface area contributed by atoms with Gasteiger partial charge in [0.25, 0.3) is 5.91 Å². The number of fused-ring (bicyclic) bond motifs is 1. The second kappa shape index (κ2) is 17.0. The summed E-state index contributed by atoms with van der Waals surface area (Å²) in [5, 5.41) is 15.5. The number of carbonyl (C=O) groups is 2. The second-order valence-electron chi connectivity index (χ2n) is 12.3. The van der Waals surface area contributed by atoms with Crippen LogP contribution in [0.25, 0.3) is 0 Å². The van der Waals surface area contributed by atoms with Gasteiger partial charge in [-0.1, -0.05) is 6.92 Å². The van der Waals surface area contributed by atoms with Crippen LogP contribution in [0, 0.1) is 17.6 Å². The number of hydrogen-bond donors (Lipinski definition) is 3. The van der Waals surface area contributed by atoms with Crippen molar-refractivity contribution in [2.75, 3.05) is 44.0 Å². The number of nitrogens with zero attached hydrogens (tertiary/aromatic N) is 2. The zero-order chi connectivity index (χ0) is 35.7. The van der Waals surface area contributed by atoms with Gasteiger partial charge in [-0.3, -0.25) is 4.79 Å². The van der Waals surface area contributed by atoms with E-state index < -0.39 is 51.7 Å². The number of aliphatic hydroxyl groups excluding tert-OH is 1. The fraction of sp³-hybridized carbons (Fsp3) is 0.429. The molecule has 3 aromatic carbocycles. The van der Waals surface area contributed by atoms with Crippen LogP contribution in [-0.4, -0.2) is 86.3 Å². The molecule has 3 aromatic rings. The Kier molecular flexibility index (Phi) is 13.1. The van der Waals surface area contributed by atoms with Crippen LogP contribution in [0.15, 0.2) is 71.6 Å². The Morgan fingerprint density at radius 2 is 1.61 bits per heavy atom. The van der Waals surface area contributed by atoms with E-state index in [0.29, 0.717) is 36.6 Å². The number of hydrogen-bond acceptors (Lipinski definition) is 7. The summed E-state index contributed by atoms with van der Waals surface area (Å²) in [5.74, 6) is -1.57. The largest absolute Gasteiger partial charge is 0.490 e. The first-order valence-electron chi connectivity index (χ1n) is 16.2. The molecule has 4 atom stereocenters. The number of sulfonamides is 1. The molecular formula is C35H44F2N4O7S. The molecule has 1 aliphatic rings. The van der Waals surface area contributed by atoms with E-state index in [-0.39, 0.29) is 36.3 Å². The highest BCUT2D eigenvalue weighted by Crippen LogP contribution is 2.29. The fourth-order valence-corrected chi connectivity index (χ4v) is 6.61. The number of ether oxygens (including phenoxy) is 2. The van der Waals surface area contributed by atoms with E-state index in [1.54, 1.807) is 19.1 Å². The molecule has 14 heteroatoms. The second-order valence-corrected chi connectivity index (χ2v) is 14.4. The molecule has 1 heterocycles. The maximum absolute atomic E-state index is 14.3. The molecule has 0 bridgehead atoms. The predicted molar refractivity (Wildman–Crippen MR) is 182 cm³/mol. The quantitative estimate of drug-likeness (QED) is 0.273. The average Bonchev–Trinajstić information content (AvgIpc) is 3.07. The zero-order valence-electron chi connectivity index (χ0n) is 28.1. The van der Waals surface area contributed by atoms with Gasteiger partial charge in [-0.05, 0) is 99.8 Å². The summed E-state index contributed by atoms with van der Waals surface area (Å²) in [5.41, 5.74) is 0.822. The van der Waals surface area contributed by atoms with Crippen molar-refractivity contribution < 1.29 is 41.4 Å². The van der Waals surface area contributed by atoms with Crippen LogP contribution < -0.4 is 15.4 Å². The summed E-state index contributed by atoms with van der Waals surface area (Å²) in [6.45, 7) is 5.47. The van der Waals surface area contributed by atoms with Gasteiger partial charge in [-0.2, -0.15) is 4.31 Å². The van der Waals surface area contributed by atoms with E-state index in [9.17, 15) is 31.9 Å². The molecular weight excluding hydrogens is 658 g/mol. The summed E-state index contributed by atoms with van der Waals surface area (Å²) in [7, 11) is -2.55. The number of nitrogens with one attached hydrogen (secondary N) is 2. The molecule has 0 saturated carbocycles. The van der Waals surface area contributed by atoms with Gasteiger partial charge in [0, 0.05) is 44.0 Å². The number of amides is 3. The lowest BCUT2D eigenvalue weighted by atomic mass is 10.0. The fourth-order valence-electron chi connectivity index (χ4n) is 5.43. The third-order valence-electron chi connectivity index (χ3n) is 8.37. The molecule has 1 aliphatic heterocycles. The summed E-state index contributed by atoms with van der Waals surface area (Å²) in [6.07, 6.45) is 1.15. The summed E-state index contributed by atoms with van der Waals surface area (Å²) < 4.78 is 67.1. The number of anilines is 2. The number of aliphatic hydroxyl groups is 1. The van der Waals surface area contributed by atoms with Crippen molar-refractivity contribution in [1.82, 2.24) is 9.21 Å². The number of carbonyl (C=O) groups excluding carboxylic acids is 2. The molecule has 266 valence electrons. The Labute approximate surface area is 286 Å². The van der Waals surface area contributed by atoms with Crippen molar-refractivity contribution in [3.63, 3.8) is 0 Å². The highest BCUT2D eigenvalue weighted by Gasteiger charge is 2.32. The predicted octanol–water partition coefficient (Wildman–Crippen LogP) is 5.73. The Hall–Kier alpha value is -4.11. The maximum atomic E-state index is 14.3. The van der Waals surface area contributed by atoms with E-state index >= 15 is 0 Å². The number of likely N-dealkylation sites (N-methyl/N-ethyl adjacent to an activating group) is 1. The van der Waals surface area contributed by atoms with Crippen molar-refractivity contribution >= 4 is 33.3 Å². The van der Waals surface area contributed by atoms with Crippen molar-refractivity contribution in [1.29, 1.82) is 0 Å². The van der Waals surface area contributed by atoms with Crippen LogP contribution in [0.4, 0.5) is 25.0 Å². The normalized spacial score (nSPS) is 20.1. The molecule has 3 amide bonds. The van der Waals surface area contributed by atoms with E-state index in [1.807, 2.05) is 13.8 Å². The van der Waals surface area contributed by atoms with Gasteiger partial charge in [-0.25, -0.2) is 22.0 Å². The minimum Gasteiger partial charge on any atom is -0.490 e. The average molecular weight is 703 g/mol. The topological polar surface area (TPSA) is 138 Å². The third kappa shape index (κ3) is 10.2. The number of urea groups is 1. The molecule has 0 fully saturated rings. The molecule has 0 radical (unpaired) electrons. The first kappa shape index (κ1) is 37.7. The molecule has 0 aliphatic carbocycles. The van der Waals surface area contributed by atoms with Gasteiger partial charge in [0.15, 0.2) is 0 Å². The lowest BCUT2D eigenvalue weighted by Crippen LogP contribution is -2.48. The maximum Gasteiger partial charge on any atom is 0.323 e. The van der Waals surface area contributed by atoms with Crippen molar-refractivity contribution in [3.05, 3.63) is 83.9 Å². The monoisotopic (exact) mass is 702 g/mol. The zero-order valence-corrected chi connectivity index (χ0v) is 28.9. The van der Waals surface area contributed by atoms with E-state index in [0.717, 1.165) is 22.9 Å². The van der Waals surface area contributed by atoms with E-state index in [2.05, 4.69) is 10.6 Å². The first-order valence-corrected chi connectivity index (χ1v) is 17.6. The number of rotatable bonds is 8. The number of halogens is 2. The van der Waals surface area contributed by atoms with Crippen LogP contribution in [0.1, 0.15) is 50.4 Å². The minimum absolute atomic E-state index is 0.0379. The molecule has 49 heavy (non-hydrogen) atoms. The van der Waals surface area contributed by atoms with Gasteiger partial charge < -0.3 is 30.1 Å². The highest BCUT2D eigenvalue weighted by molar-refractivity contribution is 7.89. The van der Waals surface area contributed by atoms with Crippen molar-refractivity contribution in [2.45, 2.75) is 63.2 Å². The Morgan fingerprint density at radius 3 is 2.27 bits per heavy atom. The molecule has 0 unspecified atom stereocenters. The summed E-state index contributed by atoms with van der Waals surface area (Å²) in [6, 6.07) is 13.3. The van der Waals surface area contributed by atoms with Crippen LogP contribution in [0.2, 0.25) is 0 Å². The van der Waals surface area contributed by atoms with Crippen molar-refractivity contribution in [3.8, 4) is 5.75 Å². The van der Waals surface area contributed by atoms with E-state index in [1.165, 1.54) is 54.4 Å². The Morgan fingerprint density at radius 1 is 1.00 bits per heavy atom. The van der Waals surface area contributed by atoms with Crippen LogP contribution in [0.3, 0.4) is 0 Å². The van der Waals surface area contributed by atoms with Crippen molar-refractivity contribution in [2.24, 2.45) is 5.92 Å². The minimum atomic E-state index is -3.98. The van der Waals surface area contributed by atoms with Crippen LogP contribution in [0.5, 0.6) is 5.75 Å². The summed E-state index contributed by atoms with van der Waals surface area (Å²) >= 11 is 0. The number of benzene rings is 3. The Balaban J connectivity index is 1.62. The van der Waals surface area contributed by atoms with Crippen LogP contribution in [-0.2, 0) is 14.8 Å². The molecule has 4 rings (SSSR count). The molecule has 0 aromatic heterocycles. The van der Waals surface area contributed by atoms with Gasteiger partial charge in [-0.15, -0.1) is 0 Å². The molecule has 3 N–H and O–H groups in total. The standard InChI is InChI=1S/C35H44F2N4O7S/c1-23-20-41(24(2)22-42)34(43)31-19-29(39-35(44)38-28-12-8-26(36)9-13-28)14-17-32(31)48-25(3)7-5-6-18-47-33(23)21-40(4)49(45,46)30-15-10-27(37)11-16-30/h8-17,19,23-25,33,42H,5-7,18,20-22H2,1-4H3,(H2,38,39,44)/t23-,24-,25-,33-/m1/s1. The van der Waals surface area contributed by atoms with Gasteiger partial charge in [0.1, 0.15) is 17.4 Å². The lowest BCUT2D eigenvalue weighted by molar-refractivity contribution is -0.00834. The highest BCUT2D eigenvalue weighted by atomic mass is 32.2. The van der Waals surface area contributed by atoms with Gasteiger partial charge in [0.2, 0.25) is 10.0 Å². The van der Waals surface area contributed by atoms with E-state index in [4.69, 9.17) is 9.47 Å². The van der Waals surface area contributed by atoms with Gasteiger partial charge in [0.05, 0.1) is 35.3 Å². The molecule has 0 spiro atoms. The van der Waals surface area contributed by atoms with Crippen LogP contribution >= 0.6 is 0 Å². The molecule has 11 nitrogen and oxygen atoms in total. The molecule has 0 saturated heterocycles. The third-order valence-corrected chi connectivity index (χ3v) is 10.2. The Bertz CT molecular complexity index is 1680. The SMILES string of the molecule is C[C@@H]1CCCCO[C@H](CN(C)S(=O)(=O)c2ccc(F)cc2)[C@H](C)CN([C@H](C)CO)C(=O)c2cc(NC(=O)Nc3ccc(F)cc3)ccc2O1. The first-order chi connectivity index (χ1) is 23.3. The van der Waals surface area contributed by atoms with Gasteiger partial charge >= 0.3 is 6.03 Å².